The molecule has 0 spiro atoms. The summed E-state index contributed by atoms with van der Waals surface area (Å²) in [7, 11) is 0. The minimum Gasteiger partial charge on any atom is -0.380 e. The second-order valence-electron chi connectivity index (χ2n) is 3.41. The van der Waals surface area contributed by atoms with Crippen molar-refractivity contribution in [2.24, 2.45) is 5.73 Å². The molecule has 0 unspecified atom stereocenters. The molecule has 1 heterocycles. The maximum Gasteiger partial charge on any atom is 0.149 e. The van der Waals surface area contributed by atoms with Crippen LogP contribution in [0.5, 0.6) is 0 Å². The molecule has 4 nitrogen and oxygen atoms in total. The lowest BCUT2D eigenvalue weighted by molar-refractivity contribution is 0.896. The number of pyridine rings is 1. The Balaban J connectivity index is 2.69. The summed E-state index contributed by atoms with van der Waals surface area (Å²) in [5.74, 6) is 0.867. The molecule has 0 saturated carbocycles. The van der Waals surface area contributed by atoms with Crippen LogP contribution in [-0.2, 0) is 0 Å². The molecule has 0 aromatic carbocycles. The highest BCUT2D eigenvalue weighted by molar-refractivity contribution is 5.64. The molecule has 1 aromatic rings. The highest BCUT2D eigenvalue weighted by Gasteiger charge is 2.02. The van der Waals surface area contributed by atoms with Crippen LogP contribution in [0.3, 0.4) is 0 Å². The topological polar surface area (TPSA) is 63.0 Å². The van der Waals surface area contributed by atoms with E-state index in [0.717, 1.165) is 18.1 Å². The van der Waals surface area contributed by atoms with Gasteiger partial charge < -0.3 is 16.4 Å². The fraction of sp³-hybridized carbons (Fsp3) is 0.500. The molecule has 0 atom stereocenters. The van der Waals surface area contributed by atoms with Gasteiger partial charge in [0.2, 0.25) is 0 Å². The average Bonchev–Trinajstić information content (AvgIpc) is 2.16. The fourth-order valence-corrected chi connectivity index (χ4v) is 1.16. The van der Waals surface area contributed by atoms with Crippen LogP contribution in [0.4, 0.5) is 11.5 Å². The Labute approximate surface area is 84.9 Å². The number of nitrogens with two attached hydrogens (primary N) is 1. The Bertz CT molecular complexity index is 273. The third kappa shape index (κ3) is 3.22. The van der Waals surface area contributed by atoms with Crippen molar-refractivity contribution in [2.75, 3.05) is 23.7 Å². The number of rotatable bonds is 5. The molecule has 0 aliphatic carbocycles. The smallest absolute Gasteiger partial charge is 0.149 e. The summed E-state index contributed by atoms with van der Waals surface area (Å²) in [6, 6.07) is 4.32. The lowest BCUT2D eigenvalue weighted by atomic mass is 10.3. The van der Waals surface area contributed by atoms with E-state index in [-0.39, 0.29) is 0 Å². The van der Waals surface area contributed by atoms with Crippen LogP contribution in [0.15, 0.2) is 18.3 Å². The van der Waals surface area contributed by atoms with E-state index in [2.05, 4.69) is 29.5 Å². The van der Waals surface area contributed by atoms with Gasteiger partial charge in [0.1, 0.15) is 5.82 Å². The van der Waals surface area contributed by atoms with Gasteiger partial charge in [-0.1, -0.05) is 0 Å². The minimum atomic E-state index is 0.401. The SMILES string of the molecule is CC(C)Nc1cccnc1NCCN. The van der Waals surface area contributed by atoms with Crippen LogP contribution < -0.4 is 16.4 Å². The van der Waals surface area contributed by atoms with Crippen molar-refractivity contribution in [3.63, 3.8) is 0 Å². The molecule has 1 rings (SSSR count). The number of nitrogens with zero attached hydrogens (tertiary/aromatic N) is 1. The van der Waals surface area contributed by atoms with E-state index < -0.39 is 0 Å². The van der Waals surface area contributed by atoms with Crippen molar-refractivity contribution in [1.29, 1.82) is 0 Å². The van der Waals surface area contributed by atoms with Crippen LogP contribution in [-0.4, -0.2) is 24.1 Å². The normalized spacial score (nSPS) is 10.3. The van der Waals surface area contributed by atoms with Gasteiger partial charge >= 0.3 is 0 Å². The van der Waals surface area contributed by atoms with E-state index in [1.165, 1.54) is 0 Å². The summed E-state index contributed by atoms with van der Waals surface area (Å²) < 4.78 is 0. The molecule has 14 heavy (non-hydrogen) atoms. The number of hydrogen-bond donors (Lipinski definition) is 3. The highest BCUT2D eigenvalue weighted by Crippen LogP contribution is 2.17. The van der Waals surface area contributed by atoms with Gasteiger partial charge in [0.25, 0.3) is 0 Å². The van der Waals surface area contributed by atoms with Gasteiger partial charge in [0.15, 0.2) is 0 Å². The first kappa shape index (κ1) is 10.8. The molecule has 4 heteroatoms. The van der Waals surface area contributed by atoms with Crippen molar-refractivity contribution in [3.8, 4) is 0 Å². The standard InChI is InChI=1S/C10H18N4/c1-8(2)14-9-4-3-6-12-10(9)13-7-5-11/h3-4,6,8,14H,5,7,11H2,1-2H3,(H,12,13). The van der Waals surface area contributed by atoms with Crippen molar-refractivity contribution in [3.05, 3.63) is 18.3 Å². The Morgan fingerprint density at radius 2 is 2.29 bits per heavy atom. The average molecular weight is 194 g/mol. The lowest BCUT2D eigenvalue weighted by Crippen LogP contribution is -2.17. The second-order valence-corrected chi connectivity index (χ2v) is 3.41. The first-order chi connectivity index (χ1) is 6.74. The third-order valence-corrected chi connectivity index (χ3v) is 1.69. The lowest BCUT2D eigenvalue weighted by Gasteiger charge is -2.14. The Morgan fingerprint density at radius 3 is 2.93 bits per heavy atom. The summed E-state index contributed by atoms with van der Waals surface area (Å²) in [5.41, 5.74) is 6.44. The van der Waals surface area contributed by atoms with Crippen molar-refractivity contribution >= 4 is 11.5 Å². The van der Waals surface area contributed by atoms with Gasteiger partial charge in [0, 0.05) is 25.3 Å². The summed E-state index contributed by atoms with van der Waals surface area (Å²) in [4.78, 5) is 4.24. The predicted octanol–water partition coefficient (Wildman–Crippen LogP) is 1.27. The first-order valence-electron chi connectivity index (χ1n) is 4.89. The summed E-state index contributed by atoms with van der Waals surface area (Å²) in [5, 5.41) is 6.49. The molecular weight excluding hydrogens is 176 g/mol. The second kappa shape index (κ2) is 5.44. The van der Waals surface area contributed by atoms with Crippen LogP contribution in [0.25, 0.3) is 0 Å². The molecule has 78 valence electrons. The Hall–Kier alpha value is -1.29. The fourth-order valence-electron chi connectivity index (χ4n) is 1.16. The van der Waals surface area contributed by atoms with Crippen LogP contribution in [0, 0.1) is 0 Å². The van der Waals surface area contributed by atoms with Gasteiger partial charge in [-0.05, 0) is 26.0 Å². The number of aromatic nitrogens is 1. The zero-order chi connectivity index (χ0) is 10.4. The maximum atomic E-state index is 5.42. The number of anilines is 2. The maximum absolute atomic E-state index is 5.42. The number of hydrogen-bond acceptors (Lipinski definition) is 4. The van der Waals surface area contributed by atoms with Crippen LogP contribution in [0.2, 0.25) is 0 Å². The zero-order valence-corrected chi connectivity index (χ0v) is 8.75. The Kier molecular flexibility index (Phi) is 4.19. The molecule has 0 fully saturated rings. The van der Waals surface area contributed by atoms with E-state index >= 15 is 0 Å². The Morgan fingerprint density at radius 1 is 1.50 bits per heavy atom. The summed E-state index contributed by atoms with van der Waals surface area (Å²) in [6.07, 6.45) is 1.77. The molecule has 0 amide bonds. The summed E-state index contributed by atoms with van der Waals surface area (Å²) >= 11 is 0. The molecule has 0 radical (unpaired) electrons. The summed E-state index contributed by atoms with van der Waals surface area (Å²) in [6.45, 7) is 5.54. The van der Waals surface area contributed by atoms with Crippen molar-refractivity contribution < 1.29 is 0 Å². The third-order valence-electron chi connectivity index (χ3n) is 1.69. The predicted molar refractivity (Wildman–Crippen MR) is 60.5 cm³/mol. The molecule has 0 bridgehead atoms. The molecule has 0 saturated heterocycles. The molecule has 4 N–H and O–H groups in total. The van der Waals surface area contributed by atoms with Gasteiger partial charge in [-0.15, -0.1) is 0 Å². The first-order valence-corrected chi connectivity index (χ1v) is 4.89. The largest absolute Gasteiger partial charge is 0.380 e. The van der Waals surface area contributed by atoms with E-state index in [1.54, 1.807) is 6.20 Å². The van der Waals surface area contributed by atoms with E-state index in [4.69, 9.17) is 5.73 Å². The molecule has 0 aliphatic heterocycles. The molecule has 1 aromatic heterocycles. The molecular formula is C10H18N4. The van der Waals surface area contributed by atoms with E-state index in [0.29, 0.717) is 12.6 Å². The van der Waals surface area contributed by atoms with Gasteiger partial charge in [-0.3, -0.25) is 0 Å². The molecule has 0 aliphatic rings. The van der Waals surface area contributed by atoms with Crippen LogP contribution in [0.1, 0.15) is 13.8 Å². The van der Waals surface area contributed by atoms with Gasteiger partial charge in [-0.2, -0.15) is 0 Å². The van der Waals surface area contributed by atoms with Crippen molar-refractivity contribution in [1.82, 2.24) is 4.98 Å². The number of nitrogens with one attached hydrogen (secondary N) is 2. The minimum absolute atomic E-state index is 0.401. The van der Waals surface area contributed by atoms with Gasteiger partial charge in [-0.25, -0.2) is 4.98 Å². The quantitative estimate of drug-likeness (QED) is 0.660. The van der Waals surface area contributed by atoms with E-state index in [9.17, 15) is 0 Å². The monoisotopic (exact) mass is 194 g/mol. The zero-order valence-electron chi connectivity index (χ0n) is 8.75. The van der Waals surface area contributed by atoms with Crippen LogP contribution >= 0.6 is 0 Å². The highest BCUT2D eigenvalue weighted by atomic mass is 15.0. The van der Waals surface area contributed by atoms with Gasteiger partial charge in [0.05, 0.1) is 5.69 Å². The van der Waals surface area contributed by atoms with E-state index in [1.807, 2.05) is 12.1 Å². The van der Waals surface area contributed by atoms with Crippen molar-refractivity contribution in [2.45, 2.75) is 19.9 Å².